The van der Waals surface area contributed by atoms with Gasteiger partial charge in [0.15, 0.2) is 0 Å². The van der Waals surface area contributed by atoms with Gasteiger partial charge in [-0.05, 0) is 6.07 Å². The molecule has 1 aromatic heterocycles. The second-order valence-electron chi connectivity index (χ2n) is 2.24. The van der Waals surface area contributed by atoms with Crippen LogP contribution >= 0.6 is 11.6 Å². The third-order valence-electron chi connectivity index (χ3n) is 1.40. The summed E-state index contributed by atoms with van der Waals surface area (Å²) in [5, 5.41) is 0. The lowest BCUT2D eigenvalue weighted by Crippen LogP contribution is -1.98. The predicted octanol–water partition coefficient (Wildman–Crippen LogP) is 2.34. The lowest BCUT2D eigenvalue weighted by atomic mass is 10.2. The molecular formula is C7H7ClF2N2. The number of rotatable bonds is 2. The highest BCUT2D eigenvalue weighted by Crippen LogP contribution is 2.24. The average Bonchev–Trinajstić information content (AvgIpc) is 2.05. The molecule has 1 aromatic rings. The molecule has 0 spiro atoms. The average molecular weight is 193 g/mol. The second kappa shape index (κ2) is 3.67. The van der Waals surface area contributed by atoms with Gasteiger partial charge in [0.25, 0.3) is 6.43 Å². The number of nitrogens with two attached hydrogens (primary N) is 1. The molecule has 0 saturated carbocycles. The van der Waals surface area contributed by atoms with E-state index >= 15 is 0 Å². The largest absolute Gasteiger partial charge is 0.397 e. The van der Waals surface area contributed by atoms with E-state index in [-0.39, 0.29) is 17.1 Å². The fraction of sp³-hybridized carbons (Fsp3) is 0.286. The van der Waals surface area contributed by atoms with E-state index in [4.69, 9.17) is 17.3 Å². The van der Waals surface area contributed by atoms with Crippen molar-refractivity contribution in [1.29, 1.82) is 0 Å². The first-order chi connectivity index (χ1) is 5.65. The third-order valence-corrected chi connectivity index (χ3v) is 1.67. The molecule has 0 aliphatic carbocycles. The van der Waals surface area contributed by atoms with Crippen LogP contribution in [0.5, 0.6) is 0 Å². The Bertz CT molecular complexity index is 278. The van der Waals surface area contributed by atoms with Crippen LogP contribution in [0.3, 0.4) is 0 Å². The molecule has 0 aliphatic rings. The Morgan fingerprint density at radius 2 is 2.25 bits per heavy atom. The molecule has 66 valence electrons. The number of hydrogen-bond donors (Lipinski definition) is 1. The van der Waals surface area contributed by atoms with Gasteiger partial charge in [-0.1, -0.05) is 0 Å². The fourth-order valence-electron chi connectivity index (χ4n) is 0.789. The highest BCUT2D eigenvalue weighted by molar-refractivity contribution is 6.16. The van der Waals surface area contributed by atoms with Crippen molar-refractivity contribution in [3.63, 3.8) is 0 Å². The van der Waals surface area contributed by atoms with Crippen LogP contribution in [0.1, 0.15) is 17.7 Å². The van der Waals surface area contributed by atoms with Crippen LogP contribution in [-0.2, 0) is 5.88 Å². The number of nitrogen functional groups attached to an aromatic ring is 1. The summed E-state index contributed by atoms with van der Waals surface area (Å²) in [5.74, 6) is 0.111. The molecule has 1 heterocycles. The van der Waals surface area contributed by atoms with Gasteiger partial charge >= 0.3 is 0 Å². The lowest BCUT2D eigenvalue weighted by Gasteiger charge is -2.04. The number of pyridine rings is 1. The van der Waals surface area contributed by atoms with Crippen molar-refractivity contribution in [3.05, 3.63) is 23.5 Å². The van der Waals surface area contributed by atoms with Gasteiger partial charge in [-0.3, -0.25) is 4.98 Å². The summed E-state index contributed by atoms with van der Waals surface area (Å²) < 4.78 is 24.4. The van der Waals surface area contributed by atoms with Crippen molar-refractivity contribution >= 4 is 17.3 Å². The minimum Gasteiger partial charge on any atom is -0.397 e. The molecule has 2 N–H and O–H groups in total. The summed E-state index contributed by atoms with van der Waals surface area (Å²) in [4.78, 5) is 3.75. The first-order valence-electron chi connectivity index (χ1n) is 3.23. The maximum atomic E-state index is 12.2. The van der Waals surface area contributed by atoms with E-state index in [1.54, 1.807) is 0 Å². The van der Waals surface area contributed by atoms with E-state index in [1.807, 2.05) is 0 Å². The summed E-state index contributed by atoms with van der Waals surface area (Å²) in [6.45, 7) is 0. The summed E-state index contributed by atoms with van der Waals surface area (Å²) >= 11 is 5.41. The maximum absolute atomic E-state index is 12.2. The van der Waals surface area contributed by atoms with Gasteiger partial charge in [0.2, 0.25) is 0 Å². The van der Waals surface area contributed by atoms with Gasteiger partial charge in [0.05, 0.1) is 23.5 Å². The van der Waals surface area contributed by atoms with E-state index < -0.39 is 6.43 Å². The molecule has 0 atom stereocenters. The quantitative estimate of drug-likeness (QED) is 0.731. The molecule has 0 unspecified atom stereocenters. The number of aromatic nitrogens is 1. The van der Waals surface area contributed by atoms with Crippen LogP contribution in [0.4, 0.5) is 14.5 Å². The van der Waals surface area contributed by atoms with Crippen molar-refractivity contribution in [2.24, 2.45) is 0 Å². The van der Waals surface area contributed by atoms with Crippen LogP contribution in [-0.4, -0.2) is 4.98 Å². The highest BCUT2D eigenvalue weighted by Gasteiger charge is 2.11. The Morgan fingerprint density at radius 1 is 1.58 bits per heavy atom. The van der Waals surface area contributed by atoms with Crippen LogP contribution < -0.4 is 5.73 Å². The smallest absolute Gasteiger partial charge is 0.265 e. The number of hydrogen-bond acceptors (Lipinski definition) is 2. The molecule has 0 bridgehead atoms. The van der Waals surface area contributed by atoms with Crippen molar-refractivity contribution in [1.82, 2.24) is 4.98 Å². The van der Waals surface area contributed by atoms with E-state index in [9.17, 15) is 8.78 Å². The lowest BCUT2D eigenvalue weighted by molar-refractivity contribution is 0.152. The van der Waals surface area contributed by atoms with Crippen LogP contribution in [0.15, 0.2) is 12.3 Å². The SMILES string of the molecule is Nc1cnc(CCl)cc1C(F)F. The topological polar surface area (TPSA) is 38.9 Å². The third kappa shape index (κ3) is 1.82. The Balaban J connectivity index is 3.08. The Morgan fingerprint density at radius 3 is 2.75 bits per heavy atom. The zero-order chi connectivity index (χ0) is 9.14. The van der Waals surface area contributed by atoms with Gasteiger partial charge in [-0.2, -0.15) is 0 Å². The molecule has 0 aliphatic heterocycles. The van der Waals surface area contributed by atoms with E-state index in [0.717, 1.165) is 0 Å². The van der Waals surface area contributed by atoms with E-state index in [0.29, 0.717) is 5.69 Å². The van der Waals surface area contributed by atoms with Crippen LogP contribution in [0.25, 0.3) is 0 Å². The minimum absolute atomic E-state index is 0.00105. The number of anilines is 1. The van der Waals surface area contributed by atoms with Crippen LogP contribution in [0, 0.1) is 0 Å². The fourth-order valence-corrected chi connectivity index (χ4v) is 0.935. The molecule has 0 aromatic carbocycles. The molecule has 0 amide bonds. The molecule has 1 rings (SSSR count). The van der Waals surface area contributed by atoms with Gasteiger partial charge in [-0.15, -0.1) is 11.6 Å². The van der Waals surface area contributed by atoms with E-state index in [1.165, 1.54) is 12.3 Å². The number of alkyl halides is 3. The summed E-state index contributed by atoms with van der Waals surface area (Å²) in [7, 11) is 0. The Labute approximate surface area is 73.4 Å². The van der Waals surface area contributed by atoms with Crippen molar-refractivity contribution in [3.8, 4) is 0 Å². The second-order valence-corrected chi connectivity index (χ2v) is 2.51. The van der Waals surface area contributed by atoms with Gasteiger partial charge in [-0.25, -0.2) is 8.78 Å². The Hall–Kier alpha value is -0.900. The summed E-state index contributed by atoms with van der Waals surface area (Å²) in [6, 6.07) is 1.22. The molecule has 0 radical (unpaired) electrons. The van der Waals surface area contributed by atoms with Crippen LogP contribution in [0.2, 0.25) is 0 Å². The molecule has 0 fully saturated rings. The molecule has 0 saturated heterocycles. The van der Waals surface area contributed by atoms with Crippen molar-refractivity contribution in [2.45, 2.75) is 12.3 Å². The summed E-state index contributed by atoms with van der Waals surface area (Å²) in [5.41, 5.74) is 5.45. The number of nitrogens with zero attached hydrogens (tertiary/aromatic N) is 1. The van der Waals surface area contributed by atoms with Crippen molar-refractivity contribution < 1.29 is 8.78 Å². The molecule has 5 heteroatoms. The van der Waals surface area contributed by atoms with Gasteiger partial charge in [0.1, 0.15) is 0 Å². The zero-order valence-corrected chi connectivity index (χ0v) is 6.85. The zero-order valence-electron chi connectivity index (χ0n) is 6.10. The molecule has 12 heavy (non-hydrogen) atoms. The molecule has 2 nitrogen and oxygen atoms in total. The van der Waals surface area contributed by atoms with E-state index in [2.05, 4.69) is 4.98 Å². The van der Waals surface area contributed by atoms with Gasteiger partial charge < -0.3 is 5.73 Å². The molecular weight excluding hydrogens is 186 g/mol. The number of halogens is 3. The van der Waals surface area contributed by atoms with Crippen molar-refractivity contribution in [2.75, 3.05) is 5.73 Å². The standard InChI is InChI=1S/C7H7ClF2N2/c8-2-4-1-5(7(9)10)6(11)3-12-4/h1,3,7H,2,11H2. The highest BCUT2D eigenvalue weighted by atomic mass is 35.5. The summed E-state index contributed by atoms with van der Waals surface area (Å²) in [6.07, 6.45) is -1.38. The first-order valence-corrected chi connectivity index (χ1v) is 3.77. The maximum Gasteiger partial charge on any atom is 0.265 e. The normalized spacial score (nSPS) is 10.7. The predicted molar refractivity (Wildman–Crippen MR) is 43.2 cm³/mol. The first kappa shape index (κ1) is 9.19. The van der Waals surface area contributed by atoms with Gasteiger partial charge in [0, 0.05) is 5.56 Å². The Kier molecular flexibility index (Phi) is 2.81. The monoisotopic (exact) mass is 192 g/mol. The minimum atomic E-state index is -2.57.